The van der Waals surface area contributed by atoms with E-state index >= 15 is 8.78 Å². The van der Waals surface area contributed by atoms with Crippen LogP contribution in [-0.2, 0) is 0 Å². The Balaban J connectivity index is 2.50. The van der Waals surface area contributed by atoms with Gasteiger partial charge in [-0.2, -0.15) is 0 Å². The highest BCUT2D eigenvalue weighted by Crippen LogP contribution is 2.48. The summed E-state index contributed by atoms with van der Waals surface area (Å²) in [5, 5.41) is 0. The molecule has 0 N–H and O–H groups in total. The van der Waals surface area contributed by atoms with Crippen LogP contribution in [0.2, 0.25) is 33.2 Å². The van der Waals surface area contributed by atoms with Crippen LogP contribution in [0.4, 0.5) is 22.0 Å². The van der Waals surface area contributed by atoms with Gasteiger partial charge in [0.25, 0.3) is 0 Å². The van der Waals surface area contributed by atoms with E-state index in [2.05, 4.69) is 91.6 Å². The second-order valence-electron chi connectivity index (χ2n) is 13.8. The Morgan fingerprint density at radius 2 is 0.929 bits per heavy atom. The van der Waals surface area contributed by atoms with Crippen molar-refractivity contribution in [3.63, 3.8) is 0 Å². The number of hydrogen-bond donors (Lipinski definition) is 0. The fourth-order valence-corrected chi connectivity index (χ4v) is 22.1. The van der Waals surface area contributed by atoms with Crippen molar-refractivity contribution in [3.05, 3.63) is 82.7 Å². The molecule has 2 heterocycles. The van der Waals surface area contributed by atoms with Gasteiger partial charge < -0.3 is 8.47 Å². The number of benzene rings is 1. The molecule has 1 atom stereocenters. The molecule has 3 aromatic rings. The predicted octanol–water partition coefficient (Wildman–Crippen LogP) is 11.2. The average Bonchev–Trinajstić information content (AvgIpc) is 3.54. The Bertz CT molecular complexity index is 1310. The quantitative estimate of drug-likeness (QED) is 0.0869. The third-order valence-electron chi connectivity index (χ3n) is 10.1. The lowest BCUT2D eigenvalue weighted by Crippen LogP contribution is -2.52. The topological polar surface area (TPSA) is 9.86 Å². The zero-order chi connectivity index (χ0) is 32.1. The molecular formula is C33H49F5N2Si2. The van der Waals surface area contributed by atoms with Gasteiger partial charge in [-0.05, 0) is 75.6 Å². The monoisotopic (exact) mass is 624 g/mol. The van der Waals surface area contributed by atoms with Gasteiger partial charge in [-0.3, -0.25) is 0 Å². The molecule has 0 aliphatic carbocycles. The molecule has 234 valence electrons. The molecule has 0 bridgehead atoms. The maximum atomic E-state index is 15.7. The van der Waals surface area contributed by atoms with Crippen LogP contribution in [0.3, 0.4) is 0 Å². The van der Waals surface area contributed by atoms with Gasteiger partial charge in [0, 0.05) is 11.3 Å². The van der Waals surface area contributed by atoms with E-state index in [1.165, 1.54) is 0 Å². The minimum atomic E-state index is -2.47. The Morgan fingerprint density at radius 3 is 1.33 bits per heavy atom. The van der Waals surface area contributed by atoms with Crippen molar-refractivity contribution in [1.29, 1.82) is 0 Å². The number of hydrogen-bond acceptors (Lipinski definition) is 0. The molecule has 0 radical (unpaired) electrons. The van der Waals surface area contributed by atoms with E-state index in [0.29, 0.717) is 27.9 Å². The van der Waals surface area contributed by atoms with Crippen LogP contribution < -0.4 is 0 Å². The van der Waals surface area contributed by atoms with Crippen molar-refractivity contribution in [1.82, 2.24) is 8.47 Å². The summed E-state index contributed by atoms with van der Waals surface area (Å²) in [6.45, 7) is 26.3. The summed E-state index contributed by atoms with van der Waals surface area (Å²) < 4.78 is 79.8. The van der Waals surface area contributed by atoms with Gasteiger partial charge in [0.15, 0.2) is 39.7 Å². The highest BCUT2D eigenvalue weighted by Gasteiger charge is 2.48. The van der Waals surface area contributed by atoms with Crippen LogP contribution in [0.15, 0.2) is 36.8 Å². The lowest BCUT2D eigenvalue weighted by molar-refractivity contribution is 0.368. The fourth-order valence-electron chi connectivity index (χ4n) is 8.90. The summed E-state index contributed by atoms with van der Waals surface area (Å²) in [6.07, 6.45) is 5.84. The van der Waals surface area contributed by atoms with E-state index in [9.17, 15) is 13.2 Å². The number of halogens is 5. The fraction of sp³-hybridized carbons (Fsp3) is 0.576. The highest BCUT2D eigenvalue weighted by atomic mass is 28.3. The van der Waals surface area contributed by atoms with Gasteiger partial charge in [0.1, 0.15) is 0 Å². The maximum Gasteiger partial charge on any atom is 0.200 e. The van der Waals surface area contributed by atoms with E-state index in [1.54, 1.807) is 6.07 Å². The largest absolute Gasteiger partial charge is 0.379 e. The van der Waals surface area contributed by atoms with Crippen molar-refractivity contribution >= 4 is 16.5 Å². The summed E-state index contributed by atoms with van der Waals surface area (Å²) in [4.78, 5) is 0. The van der Waals surface area contributed by atoms with Crippen LogP contribution >= 0.6 is 0 Å². The first-order valence-electron chi connectivity index (χ1n) is 15.3. The van der Waals surface area contributed by atoms with Crippen molar-refractivity contribution in [2.75, 3.05) is 0 Å². The standard InChI is InChI=1S/C33H49F5N2Si2/c1-19(2)41(20(3)4,21(5)6)39-17-15-25(18-39)27(28-29(34)31(36)33(38)32(37)30(28)35)26-14-13-16-40(26)42(22(7)8,23(9)10)24(11)12/h13-24,27H,1-12H3. The maximum absolute atomic E-state index is 15.7. The van der Waals surface area contributed by atoms with E-state index in [-0.39, 0.29) is 16.6 Å². The molecule has 0 aliphatic rings. The molecule has 0 saturated carbocycles. The van der Waals surface area contributed by atoms with Crippen LogP contribution in [-0.4, -0.2) is 24.9 Å². The predicted molar refractivity (Wildman–Crippen MR) is 169 cm³/mol. The van der Waals surface area contributed by atoms with Crippen LogP contribution in [0.25, 0.3) is 0 Å². The van der Waals surface area contributed by atoms with E-state index in [0.717, 1.165) is 0 Å². The summed E-state index contributed by atoms with van der Waals surface area (Å²) in [7, 11) is -4.72. The Labute approximate surface area is 251 Å². The molecule has 2 nitrogen and oxygen atoms in total. The second-order valence-corrected chi connectivity index (χ2v) is 25.3. The van der Waals surface area contributed by atoms with Gasteiger partial charge in [0.2, 0.25) is 5.82 Å². The van der Waals surface area contributed by atoms with Gasteiger partial charge in [0.05, 0.1) is 5.92 Å². The minimum Gasteiger partial charge on any atom is -0.379 e. The normalized spacial score (nSPS) is 14.1. The number of aromatic nitrogens is 2. The van der Waals surface area contributed by atoms with Crippen LogP contribution in [0.5, 0.6) is 0 Å². The van der Waals surface area contributed by atoms with Gasteiger partial charge >= 0.3 is 0 Å². The number of rotatable bonds is 11. The Kier molecular flexibility index (Phi) is 10.2. The van der Waals surface area contributed by atoms with Crippen LogP contribution in [0.1, 0.15) is 106 Å². The molecule has 1 unspecified atom stereocenters. The zero-order valence-corrected chi connectivity index (χ0v) is 29.3. The molecule has 0 fully saturated rings. The smallest absolute Gasteiger partial charge is 0.200 e. The first-order valence-corrected chi connectivity index (χ1v) is 19.6. The Morgan fingerprint density at radius 1 is 0.524 bits per heavy atom. The molecule has 0 aliphatic heterocycles. The van der Waals surface area contributed by atoms with E-state index in [4.69, 9.17) is 0 Å². The molecule has 0 saturated heterocycles. The SMILES string of the molecule is CC(C)[Si](C(C)C)(C(C)C)n1ccc(C(c2c(F)c(F)c(F)c(F)c2F)c2cccn2[Si](C(C)C)(C(C)C)C(C)C)c1. The third kappa shape index (κ3) is 5.06. The third-order valence-corrected chi connectivity index (χ3v) is 23.6. The first-order chi connectivity index (χ1) is 19.4. The molecule has 2 aromatic heterocycles. The van der Waals surface area contributed by atoms with E-state index in [1.807, 2.05) is 30.7 Å². The van der Waals surface area contributed by atoms with Gasteiger partial charge in [-0.15, -0.1) is 0 Å². The summed E-state index contributed by atoms with van der Waals surface area (Å²) in [5.74, 6) is -10.7. The lowest BCUT2D eigenvalue weighted by Gasteiger charge is -2.46. The average molecular weight is 625 g/mol. The first kappa shape index (κ1) is 34.4. The second kappa shape index (κ2) is 12.5. The molecule has 1 aromatic carbocycles. The van der Waals surface area contributed by atoms with Crippen molar-refractivity contribution in [2.24, 2.45) is 0 Å². The minimum absolute atomic E-state index is 0.244. The van der Waals surface area contributed by atoms with Crippen molar-refractivity contribution in [3.8, 4) is 0 Å². The van der Waals surface area contributed by atoms with E-state index < -0.39 is 57.0 Å². The van der Waals surface area contributed by atoms with Crippen molar-refractivity contribution in [2.45, 2.75) is 122 Å². The highest BCUT2D eigenvalue weighted by molar-refractivity contribution is 6.82. The summed E-state index contributed by atoms with van der Waals surface area (Å²) in [5.41, 5.74) is 2.05. The molecule has 3 rings (SSSR count). The lowest BCUT2D eigenvalue weighted by atomic mass is 9.89. The molecule has 9 heteroatoms. The summed E-state index contributed by atoms with van der Waals surface area (Å²) >= 11 is 0. The summed E-state index contributed by atoms with van der Waals surface area (Å²) in [6, 6.07) is 5.46. The zero-order valence-electron chi connectivity index (χ0n) is 27.3. The van der Waals surface area contributed by atoms with Gasteiger partial charge in [-0.25, -0.2) is 22.0 Å². The molecule has 42 heavy (non-hydrogen) atoms. The Hall–Kier alpha value is -2.14. The molecule has 0 spiro atoms. The number of nitrogens with zero attached hydrogens (tertiary/aromatic N) is 2. The van der Waals surface area contributed by atoms with Crippen LogP contribution in [0, 0.1) is 29.1 Å². The van der Waals surface area contributed by atoms with Gasteiger partial charge in [-0.1, -0.05) is 83.1 Å². The molecular weight excluding hydrogens is 576 g/mol. The van der Waals surface area contributed by atoms with Crippen molar-refractivity contribution < 1.29 is 22.0 Å². The molecule has 0 amide bonds.